The van der Waals surface area contributed by atoms with Gasteiger partial charge in [-0.1, -0.05) is 23.2 Å². The van der Waals surface area contributed by atoms with Gasteiger partial charge in [-0.25, -0.2) is 0 Å². The van der Waals surface area contributed by atoms with Crippen molar-refractivity contribution in [2.75, 3.05) is 26.1 Å². The van der Waals surface area contributed by atoms with E-state index in [1.54, 1.807) is 20.3 Å². The van der Waals surface area contributed by atoms with E-state index in [2.05, 4.69) is 5.32 Å². The molecule has 1 N–H and O–H groups in total. The van der Waals surface area contributed by atoms with Crippen LogP contribution in [0.15, 0.2) is 12.1 Å². The van der Waals surface area contributed by atoms with Crippen LogP contribution in [0.2, 0.25) is 10.0 Å². The van der Waals surface area contributed by atoms with Crippen LogP contribution in [0, 0.1) is 6.92 Å². The predicted molar refractivity (Wildman–Crippen MR) is 67.5 cm³/mol. The number of aryl methyl sites for hydroxylation is 1. The normalized spacial score (nSPS) is 10.9. The molecule has 0 aromatic heterocycles. The Morgan fingerprint density at radius 1 is 1.19 bits per heavy atom. The second kappa shape index (κ2) is 6.30. The smallest absolute Gasteiger partial charge is 0.173 e. The summed E-state index contributed by atoms with van der Waals surface area (Å²) in [6.07, 6.45) is -0.309. The molecule has 0 amide bonds. The van der Waals surface area contributed by atoms with E-state index in [-0.39, 0.29) is 6.29 Å². The summed E-state index contributed by atoms with van der Waals surface area (Å²) in [7, 11) is 3.17. The molecule has 5 heteroatoms. The number of hydrogen-bond donors (Lipinski definition) is 1. The van der Waals surface area contributed by atoms with Gasteiger partial charge in [-0.15, -0.1) is 0 Å². The van der Waals surface area contributed by atoms with Gasteiger partial charge < -0.3 is 14.8 Å². The Morgan fingerprint density at radius 3 is 2.38 bits per heavy atom. The van der Waals surface area contributed by atoms with Gasteiger partial charge in [0.1, 0.15) is 0 Å². The molecular formula is C11H15Cl2NO2. The van der Waals surface area contributed by atoms with Crippen molar-refractivity contribution in [2.24, 2.45) is 0 Å². The Labute approximate surface area is 106 Å². The van der Waals surface area contributed by atoms with Gasteiger partial charge in [0.2, 0.25) is 0 Å². The van der Waals surface area contributed by atoms with E-state index < -0.39 is 0 Å². The van der Waals surface area contributed by atoms with Crippen molar-refractivity contribution in [1.82, 2.24) is 0 Å². The fraction of sp³-hybridized carbons (Fsp3) is 0.455. The summed E-state index contributed by atoms with van der Waals surface area (Å²) in [6.45, 7) is 2.41. The van der Waals surface area contributed by atoms with Crippen molar-refractivity contribution < 1.29 is 9.47 Å². The number of rotatable bonds is 5. The lowest BCUT2D eigenvalue weighted by atomic mass is 10.2. The minimum Gasteiger partial charge on any atom is -0.379 e. The summed E-state index contributed by atoms with van der Waals surface area (Å²) in [6, 6.07) is 3.61. The molecule has 1 rings (SSSR count). The lowest BCUT2D eigenvalue weighted by Crippen LogP contribution is -2.23. The van der Waals surface area contributed by atoms with Crippen LogP contribution in [0.5, 0.6) is 0 Å². The first-order valence-electron chi connectivity index (χ1n) is 4.83. The quantitative estimate of drug-likeness (QED) is 0.827. The summed E-state index contributed by atoms with van der Waals surface area (Å²) < 4.78 is 10.1. The number of methoxy groups -OCH3 is 2. The third-order valence-corrected chi connectivity index (χ3v) is 2.95. The van der Waals surface area contributed by atoms with Crippen LogP contribution < -0.4 is 5.32 Å². The van der Waals surface area contributed by atoms with Crippen molar-refractivity contribution in [1.29, 1.82) is 0 Å². The zero-order valence-corrected chi connectivity index (χ0v) is 11.0. The first kappa shape index (κ1) is 13.6. The maximum atomic E-state index is 6.07. The molecule has 0 radical (unpaired) electrons. The van der Waals surface area contributed by atoms with Gasteiger partial charge in [-0.2, -0.15) is 0 Å². The molecule has 3 nitrogen and oxygen atoms in total. The molecule has 1 aromatic rings. The molecule has 0 aliphatic rings. The van der Waals surface area contributed by atoms with Gasteiger partial charge in [-0.3, -0.25) is 0 Å². The van der Waals surface area contributed by atoms with Crippen molar-refractivity contribution in [3.05, 3.63) is 27.7 Å². The van der Waals surface area contributed by atoms with Crippen LogP contribution in [0.3, 0.4) is 0 Å². The van der Waals surface area contributed by atoms with Crippen LogP contribution in [-0.4, -0.2) is 27.1 Å². The average molecular weight is 264 g/mol. The molecule has 0 aliphatic heterocycles. The van der Waals surface area contributed by atoms with Crippen LogP contribution in [-0.2, 0) is 9.47 Å². The molecule has 0 fully saturated rings. The highest BCUT2D eigenvalue weighted by Crippen LogP contribution is 2.28. The van der Waals surface area contributed by atoms with Crippen LogP contribution in [0.4, 0.5) is 5.69 Å². The van der Waals surface area contributed by atoms with E-state index in [1.807, 2.05) is 13.0 Å². The first-order chi connectivity index (χ1) is 7.58. The van der Waals surface area contributed by atoms with Gasteiger partial charge in [-0.05, 0) is 24.6 Å². The topological polar surface area (TPSA) is 30.5 Å². The minimum atomic E-state index is -0.309. The summed E-state index contributed by atoms with van der Waals surface area (Å²) in [5.74, 6) is 0. The Balaban J connectivity index is 2.70. The Morgan fingerprint density at radius 2 is 1.81 bits per heavy atom. The molecule has 90 valence electrons. The lowest BCUT2D eigenvalue weighted by molar-refractivity contribution is -0.0914. The van der Waals surface area contributed by atoms with Crippen molar-refractivity contribution in [3.63, 3.8) is 0 Å². The maximum Gasteiger partial charge on any atom is 0.173 e. The molecule has 0 aliphatic carbocycles. The van der Waals surface area contributed by atoms with E-state index in [9.17, 15) is 0 Å². The molecular weight excluding hydrogens is 249 g/mol. The zero-order chi connectivity index (χ0) is 12.1. The maximum absolute atomic E-state index is 6.07. The SMILES string of the molecule is COC(CNc1cc(Cl)c(C)cc1Cl)OC. The first-order valence-corrected chi connectivity index (χ1v) is 5.59. The van der Waals surface area contributed by atoms with Gasteiger partial charge >= 0.3 is 0 Å². The van der Waals surface area contributed by atoms with E-state index in [0.717, 1.165) is 11.3 Å². The molecule has 0 saturated carbocycles. The highest BCUT2D eigenvalue weighted by molar-refractivity contribution is 6.35. The second-order valence-corrected chi connectivity index (χ2v) is 4.18. The van der Waals surface area contributed by atoms with Gasteiger partial charge in [0, 0.05) is 19.2 Å². The Hall–Kier alpha value is -0.480. The van der Waals surface area contributed by atoms with E-state index in [4.69, 9.17) is 32.7 Å². The monoisotopic (exact) mass is 263 g/mol. The molecule has 16 heavy (non-hydrogen) atoms. The van der Waals surface area contributed by atoms with Crippen molar-refractivity contribution in [2.45, 2.75) is 13.2 Å². The lowest BCUT2D eigenvalue weighted by Gasteiger charge is -2.16. The van der Waals surface area contributed by atoms with Crippen LogP contribution >= 0.6 is 23.2 Å². The van der Waals surface area contributed by atoms with Gasteiger partial charge in [0.05, 0.1) is 17.3 Å². The third kappa shape index (κ3) is 3.52. The minimum absolute atomic E-state index is 0.309. The highest BCUT2D eigenvalue weighted by Gasteiger charge is 2.08. The number of hydrogen-bond acceptors (Lipinski definition) is 3. The summed E-state index contributed by atoms with van der Waals surface area (Å²) in [4.78, 5) is 0. The Bertz CT molecular complexity index is 354. The molecule has 1 aromatic carbocycles. The molecule has 0 bridgehead atoms. The molecule has 0 heterocycles. The number of nitrogens with one attached hydrogen (secondary N) is 1. The number of halogens is 2. The number of ether oxygens (including phenoxy) is 2. The highest BCUT2D eigenvalue weighted by atomic mass is 35.5. The van der Waals surface area contributed by atoms with E-state index in [0.29, 0.717) is 16.6 Å². The molecule has 0 spiro atoms. The fourth-order valence-corrected chi connectivity index (χ4v) is 1.69. The van der Waals surface area contributed by atoms with Crippen LogP contribution in [0.25, 0.3) is 0 Å². The fourth-order valence-electron chi connectivity index (χ4n) is 1.24. The molecule has 0 atom stereocenters. The third-order valence-electron chi connectivity index (χ3n) is 2.23. The summed E-state index contributed by atoms with van der Waals surface area (Å²) in [5, 5.41) is 4.43. The van der Waals surface area contributed by atoms with Crippen LogP contribution in [0.1, 0.15) is 5.56 Å². The predicted octanol–water partition coefficient (Wildman–Crippen LogP) is 3.33. The average Bonchev–Trinajstić information content (AvgIpc) is 2.26. The number of anilines is 1. The Kier molecular flexibility index (Phi) is 5.35. The van der Waals surface area contributed by atoms with Gasteiger partial charge in [0.15, 0.2) is 6.29 Å². The zero-order valence-electron chi connectivity index (χ0n) is 9.51. The second-order valence-electron chi connectivity index (χ2n) is 3.36. The largest absolute Gasteiger partial charge is 0.379 e. The van der Waals surface area contributed by atoms with Crippen molar-refractivity contribution >= 4 is 28.9 Å². The standard InChI is InChI=1S/C11H15Cl2NO2/c1-7-4-9(13)10(5-8(7)12)14-6-11(15-2)16-3/h4-5,11,14H,6H2,1-3H3. The summed E-state index contributed by atoms with van der Waals surface area (Å²) in [5.41, 5.74) is 1.73. The van der Waals surface area contributed by atoms with E-state index in [1.165, 1.54) is 0 Å². The summed E-state index contributed by atoms with van der Waals surface area (Å²) >= 11 is 12.1. The van der Waals surface area contributed by atoms with Crippen molar-refractivity contribution in [3.8, 4) is 0 Å². The van der Waals surface area contributed by atoms with E-state index >= 15 is 0 Å². The van der Waals surface area contributed by atoms with Gasteiger partial charge in [0.25, 0.3) is 0 Å². The molecule has 0 unspecified atom stereocenters. The molecule has 0 saturated heterocycles. The number of benzene rings is 1.